The molecular formula is C13H22N2O2S. The summed E-state index contributed by atoms with van der Waals surface area (Å²) in [5.74, 6) is 0.388. The van der Waals surface area contributed by atoms with E-state index in [1.54, 1.807) is 0 Å². The molecule has 1 fully saturated rings. The Morgan fingerprint density at radius 3 is 2.94 bits per heavy atom. The zero-order chi connectivity index (χ0) is 13.1. The first-order chi connectivity index (χ1) is 8.58. The molecule has 2 heterocycles. The van der Waals surface area contributed by atoms with Crippen molar-refractivity contribution in [2.24, 2.45) is 5.92 Å². The highest BCUT2D eigenvalue weighted by Gasteiger charge is 2.23. The first kappa shape index (κ1) is 13.8. The van der Waals surface area contributed by atoms with E-state index in [9.17, 15) is 9.90 Å². The summed E-state index contributed by atoms with van der Waals surface area (Å²) in [6, 6.07) is 0. The van der Waals surface area contributed by atoms with Crippen LogP contribution in [-0.4, -0.2) is 40.3 Å². The van der Waals surface area contributed by atoms with Gasteiger partial charge in [0.1, 0.15) is 0 Å². The van der Waals surface area contributed by atoms with Crippen molar-refractivity contribution in [1.82, 2.24) is 9.47 Å². The highest BCUT2D eigenvalue weighted by Crippen LogP contribution is 2.19. The quantitative estimate of drug-likeness (QED) is 0.897. The first-order valence-electron chi connectivity index (χ1n) is 6.63. The van der Waals surface area contributed by atoms with Crippen LogP contribution in [0.1, 0.15) is 25.5 Å². The molecule has 2 rings (SSSR count). The maximum atomic E-state index is 11.6. The van der Waals surface area contributed by atoms with E-state index in [4.69, 9.17) is 0 Å². The molecule has 1 aromatic rings. The van der Waals surface area contributed by atoms with Gasteiger partial charge in [0, 0.05) is 30.7 Å². The fourth-order valence-electron chi connectivity index (χ4n) is 2.60. The molecule has 2 unspecified atom stereocenters. The number of nitrogens with zero attached hydrogens (tertiary/aromatic N) is 2. The van der Waals surface area contributed by atoms with Crippen LogP contribution in [0.15, 0.2) is 10.2 Å². The largest absolute Gasteiger partial charge is 0.393 e. The van der Waals surface area contributed by atoms with E-state index in [1.807, 2.05) is 23.8 Å². The Morgan fingerprint density at radius 2 is 2.33 bits per heavy atom. The van der Waals surface area contributed by atoms with Crippen molar-refractivity contribution in [2.75, 3.05) is 19.6 Å². The molecule has 1 aliphatic rings. The highest BCUT2D eigenvalue weighted by atomic mass is 32.1. The van der Waals surface area contributed by atoms with Crippen molar-refractivity contribution < 1.29 is 5.11 Å². The van der Waals surface area contributed by atoms with Crippen LogP contribution in [0.2, 0.25) is 0 Å². The lowest BCUT2D eigenvalue weighted by Crippen LogP contribution is -2.41. The van der Waals surface area contributed by atoms with Gasteiger partial charge in [-0.3, -0.25) is 4.79 Å². The van der Waals surface area contributed by atoms with Crippen LogP contribution in [0.25, 0.3) is 0 Å². The third kappa shape index (κ3) is 3.22. The topological polar surface area (TPSA) is 45.5 Å². The van der Waals surface area contributed by atoms with Gasteiger partial charge in [-0.05, 0) is 39.2 Å². The summed E-state index contributed by atoms with van der Waals surface area (Å²) in [4.78, 5) is 14.1. The number of hydrogen-bond donors (Lipinski definition) is 1. The molecule has 4 nitrogen and oxygen atoms in total. The van der Waals surface area contributed by atoms with E-state index < -0.39 is 0 Å². The Kier molecular flexibility index (Phi) is 4.59. The van der Waals surface area contributed by atoms with Gasteiger partial charge >= 0.3 is 4.87 Å². The van der Waals surface area contributed by atoms with E-state index in [1.165, 1.54) is 11.3 Å². The van der Waals surface area contributed by atoms with Gasteiger partial charge in [0.25, 0.3) is 0 Å². The smallest absolute Gasteiger partial charge is 0.307 e. The number of likely N-dealkylation sites (tertiary alicyclic amines) is 1. The lowest BCUT2D eigenvalue weighted by Gasteiger charge is -2.34. The summed E-state index contributed by atoms with van der Waals surface area (Å²) in [7, 11) is 0. The molecule has 0 aromatic carbocycles. The van der Waals surface area contributed by atoms with Crippen LogP contribution in [0.4, 0.5) is 0 Å². The molecule has 0 bridgehead atoms. The summed E-state index contributed by atoms with van der Waals surface area (Å²) in [5.41, 5.74) is 1.05. The van der Waals surface area contributed by atoms with Crippen molar-refractivity contribution in [3.63, 3.8) is 0 Å². The molecule has 0 saturated carbocycles. The average Bonchev–Trinajstić information content (AvgIpc) is 2.67. The number of hydrogen-bond acceptors (Lipinski definition) is 4. The summed E-state index contributed by atoms with van der Waals surface area (Å²) in [6.07, 6.45) is 2.04. The molecular weight excluding hydrogens is 248 g/mol. The van der Waals surface area contributed by atoms with Crippen molar-refractivity contribution in [2.45, 2.75) is 39.3 Å². The van der Waals surface area contributed by atoms with Gasteiger partial charge in [-0.1, -0.05) is 11.3 Å². The molecule has 0 radical (unpaired) electrons. The van der Waals surface area contributed by atoms with Crippen LogP contribution >= 0.6 is 11.3 Å². The molecule has 1 aliphatic heterocycles. The number of aliphatic hydroxyl groups is 1. The van der Waals surface area contributed by atoms with Crippen molar-refractivity contribution in [3.05, 3.63) is 20.7 Å². The van der Waals surface area contributed by atoms with Crippen LogP contribution < -0.4 is 4.87 Å². The van der Waals surface area contributed by atoms with E-state index in [0.717, 1.165) is 44.7 Å². The van der Waals surface area contributed by atoms with E-state index in [-0.39, 0.29) is 11.0 Å². The molecule has 0 amide bonds. The summed E-state index contributed by atoms with van der Waals surface area (Å²) in [6.45, 7) is 7.56. The monoisotopic (exact) mass is 270 g/mol. The first-order valence-corrected chi connectivity index (χ1v) is 7.51. The lowest BCUT2D eigenvalue weighted by molar-refractivity contribution is 0.0614. The zero-order valence-electron chi connectivity index (χ0n) is 11.1. The van der Waals surface area contributed by atoms with Gasteiger partial charge in [-0.15, -0.1) is 0 Å². The Balaban J connectivity index is 1.89. The molecule has 1 saturated heterocycles. The molecule has 0 spiro atoms. The number of piperidine rings is 1. The minimum absolute atomic E-state index is 0.136. The number of aryl methyl sites for hydroxylation is 1. The summed E-state index contributed by atoms with van der Waals surface area (Å²) < 4.78 is 1.84. The number of thiazole rings is 1. The van der Waals surface area contributed by atoms with Crippen molar-refractivity contribution in [1.29, 1.82) is 0 Å². The maximum Gasteiger partial charge on any atom is 0.307 e. The Labute approximate surface area is 112 Å². The maximum absolute atomic E-state index is 11.6. The molecule has 18 heavy (non-hydrogen) atoms. The molecule has 2 atom stereocenters. The minimum Gasteiger partial charge on any atom is -0.393 e. The van der Waals surface area contributed by atoms with Gasteiger partial charge in [0.05, 0.1) is 6.10 Å². The van der Waals surface area contributed by atoms with Crippen LogP contribution in [0.5, 0.6) is 0 Å². The normalized spacial score (nSPS) is 23.2. The van der Waals surface area contributed by atoms with Crippen molar-refractivity contribution in [3.8, 4) is 0 Å². The third-order valence-corrected chi connectivity index (χ3v) is 4.72. The van der Waals surface area contributed by atoms with Gasteiger partial charge < -0.3 is 14.6 Å². The second kappa shape index (κ2) is 5.99. The molecule has 5 heteroatoms. The fourth-order valence-corrected chi connectivity index (χ4v) is 3.37. The van der Waals surface area contributed by atoms with Gasteiger partial charge in [-0.25, -0.2) is 0 Å². The van der Waals surface area contributed by atoms with Gasteiger partial charge in [0.15, 0.2) is 0 Å². The van der Waals surface area contributed by atoms with Crippen LogP contribution in [0, 0.1) is 12.8 Å². The molecule has 0 aliphatic carbocycles. The highest BCUT2D eigenvalue weighted by molar-refractivity contribution is 7.07. The number of rotatable bonds is 4. The fraction of sp³-hybridized carbons (Fsp3) is 0.769. The van der Waals surface area contributed by atoms with E-state index in [0.29, 0.717) is 5.92 Å². The van der Waals surface area contributed by atoms with Crippen LogP contribution in [0.3, 0.4) is 0 Å². The predicted octanol–water partition coefficient (Wildman–Crippen LogP) is 1.31. The number of aliphatic hydroxyl groups excluding tert-OH is 1. The lowest BCUT2D eigenvalue weighted by atomic mass is 9.93. The van der Waals surface area contributed by atoms with E-state index in [2.05, 4.69) is 4.90 Å². The standard InChI is InChI=1S/C13H22N2O2S/c1-10-9-18-13(17)15(10)7-6-14-5-3-4-12(8-14)11(2)16/h9,11-12,16H,3-8H2,1-2H3. The van der Waals surface area contributed by atoms with E-state index >= 15 is 0 Å². The molecule has 102 valence electrons. The predicted molar refractivity (Wildman–Crippen MR) is 74.2 cm³/mol. The SMILES string of the molecule is Cc1csc(=O)n1CCN1CCCC(C(C)O)C1. The second-order valence-electron chi connectivity index (χ2n) is 5.24. The summed E-state index contributed by atoms with van der Waals surface area (Å²) >= 11 is 1.27. The van der Waals surface area contributed by atoms with Crippen LogP contribution in [-0.2, 0) is 6.54 Å². The third-order valence-electron chi connectivity index (χ3n) is 3.84. The Morgan fingerprint density at radius 1 is 1.56 bits per heavy atom. The van der Waals surface area contributed by atoms with Gasteiger partial charge in [-0.2, -0.15) is 0 Å². The summed E-state index contributed by atoms with van der Waals surface area (Å²) in [5, 5.41) is 11.6. The average molecular weight is 270 g/mol. The minimum atomic E-state index is -0.224. The molecule has 1 aromatic heterocycles. The Bertz CT molecular complexity index is 438. The molecule has 1 N–H and O–H groups in total. The van der Waals surface area contributed by atoms with Gasteiger partial charge in [0.2, 0.25) is 0 Å². The zero-order valence-corrected chi connectivity index (χ0v) is 11.9. The second-order valence-corrected chi connectivity index (χ2v) is 6.06. The Hall–Kier alpha value is -0.650. The van der Waals surface area contributed by atoms with Crippen molar-refractivity contribution >= 4 is 11.3 Å². The number of aromatic nitrogens is 1.